The first-order valence-corrected chi connectivity index (χ1v) is 11.0. The van der Waals surface area contributed by atoms with Gasteiger partial charge in [-0.2, -0.15) is 0 Å². The SMILES string of the molecule is C[C@H]([C@H]1C[C@H]2CC[C@H]1C2)n1c(SCC(=O)c2ccc[nH]2)nnc1-c1ccco1. The van der Waals surface area contributed by atoms with Crippen molar-refractivity contribution in [2.75, 3.05) is 5.75 Å². The number of ketones is 1. The van der Waals surface area contributed by atoms with Crippen molar-refractivity contribution in [3.8, 4) is 11.6 Å². The van der Waals surface area contributed by atoms with Crippen LogP contribution >= 0.6 is 11.8 Å². The van der Waals surface area contributed by atoms with Crippen molar-refractivity contribution in [3.63, 3.8) is 0 Å². The van der Waals surface area contributed by atoms with Gasteiger partial charge in [0.15, 0.2) is 16.7 Å². The van der Waals surface area contributed by atoms with Gasteiger partial charge in [-0.25, -0.2) is 0 Å². The van der Waals surface area contributed by atoms with Crippen molar-refractivity contribution in [1.29, 1.82) is 0 Å². The van der Waals surface area contributed by atoms with E-state index in [2.05, 4.69) is 26.7 Å². The zero-order chi connectivity index (χ0) is 19.1. The van der Waals surface area contributed by atoms with E-state index in [4.69, 9.17) is 4.42 Å². The zero-order valence-electron chi connectivity index (χ0n) is 15.9. The second kappa shape index (κ2) is 7.28. The molecule has 2 saturated carbocycles. The highest BCUT2D eigenvalue weighted by Gasteiger charge is 2.43. The van der Waals surface area contributed by atoms with Gasteiger partial charge in [0, 0.05) is 12.2 Å². The molecule has 28 heavy (non-hydrogen) atoms. The Morgan fingerprint density at radius 2 is 2.25 bits per heavy atom. The fraction of sp³-hybridized carbons (Fsp3) is 0.476. The van der Waals surface area contributed by atoms with Crippen molar-refractivity contribution < 1.29 is 9.21 Å². The second-order valence-electron chi connectivity index (χ2n) is 8.03. The van der Waals surface area contributed by atoms with E-state index in [0.717, 1.165) is 28.6 Å². The van der Waals surface area contributed by atoms with Gasteiger partial charge in [-0.05, 0) is 68.2 Å². The molecular weight excluding hydrogens is 372 g/mol. The molecule has 146 valence electrons. The number of carbonyl (C=O) groups is 1. The van der Waals surface area contributed by atoms with Crippen molar-refractivity contribution in [2.45, 2.75) is 43.8 Å². The predicted molar refractivity (Wildman–Crippen MR) is 107 cm³/mol. The molecule has 0 radical (unpaired) electrons. The number of nitrogens with zero attached hydrogens (tertiary/aromatic N) is 3. The maximum atomic E-state index is 12.4. The average Bonchev–Trinajstić information content (AvgIpc) is 3.53. The first-order chi connectivity index (χ1) is 13.7. The van der Waals surface area contributed by atoms with Crippen LogP contribution in [0.3, 0.4) is 0 Å². The minimum atomic E-state index is 0.0664. The number of hydrogen-bond acceptors (Lipinski definition) is 5. The zero-order valence-corrected chi connectivity index (χ0v) is 16.7. The quantitative estimate of drug-likeness (QED) is 0.457. The maximum Gasteiger partial charge on any atom is 0.200 e. The summed E-state index contributed by atoms with van der Waals surface area (Å²) in [5.74, 6) is 4.20. The minimum absolute atomic E-state index is 0.0664. The lowest BCUT2D eigenvalue weighted by Gasteiger charge is -2.30. The number of rotatable bonds is 7. The molecule has 5 rings (SSSR count). The molecule has 2 aliphatic rings. The van der Waals surface area contributed by atoms with E-state index in [1.807, 2.05) is 18.2 Å². The third-order valence-electron chi connectivity index (χ3n) is 6.46. The molecule has 3 heterocycles. The molecule has 0 amide bonds. The molecular formula is C21H24N4O2S. The van der Waals surface area contributed by atoms with Crippen LogP contribution in [0, 0.1) is 17.8 Å². The lowest BCUT2D eigenvalue weighted by molar-refractivity contribution is 0.101. The van der Waals surface area contributed by atoms with Crippen LogP contribution in [-0.4, -0.2) is 31.3 Å². The first kappa shape index (κ1) is 17.8. The number of Topliss-reactive ketones (excluding diaryl/α,β-unsaturated/α-hetero) is 1. The number of H-pyrrole nitrogens is 1. The second-order valence-corrected chi connectivity index (χ2v) is 8.97. The van der Waals surface area contributed by atoms with Crippen LogP contribution in [0.5, 0.6) is 0 Å². The molecule has 2 fully saturated rings. The largest absolute Gasteiger partial charge is 0.461 e. The Hall–Kier alpha value is -2.28. The highest BCUT2D eigenvalue weighted by molar-refractivity contribution is 7.99. The van der Waals surface area contributed by atoms with Crippen LogP contribution in [0.15, 0.2) is 46.3 Å². The van der Waals surface area contributed by atoms with Crippen molar-refractivity contribution in [2.24, 2.45) is 17.8 Å². The molecule has 7 heteroatoms. The molecule has 0 saturated heterocycles. The smallest absolute Gasteiger partial charge is 0.200 e. The summed E-state index contributed by atoms with van der Waals surface area (Å²) in [4.78, 5) is 15.4. The predicted octanol–water partition coefficient (Wildman–Crippen LogP) is 4.84. The van der Waals surface area contributed by atoms with Crippen molar-refractivity contribution in [3.05, 3.63) is 42.4 Å². The molecule has 3 aromatic heterocycles. The maximum absolute atomic E-state index is 12.4. The van der Waals surface area contributed by atoms with Crippen LogP contribution in [0.25, 0.3) is 11.6 Å². The Balaban J connectivity index is 1.43. The Bertz CT molecular complexity index is 947. The normalized spacial score (nSPS) is 24.7. The molecule has 0 spiro atoms. The lowest BCUT2D eigenvalue weighted by atomic mass is 9.84. The van der Waals surface area contributed by atoms with Gasteiger partial charge in [-0.15, -0.1) is 10.2 Å². The number of nitrogens with one attached hydrogen (secondary N) is 1. The number of furan rings is 1. The lowest BCUT2D eigenvalue weighted by Crippen LogP contribution is -2.23. The summed E-state index contributed by atoms with van der Waals surface area (Å²) in [6.45, 7) is 2.28. The van der Waals surface area contributed by atoms with E-state index >= 15 is 0 Å². The van der Waals surface area contributed by atoms with Crippen molar-refractivity contribution >= 4 is 17.5 Å². The highest BCUT2D eigenvalue weighted by Crippen LogP contribution is 2.52. The molecule has 6 nitrogen and oxygen atoms in total. The van der Waals surface area contributed by atoms with Crippen LogP contribution in [0.1, 0.15) is 49.1 Å². The molecule has 1 N–H and O–H groups in total. The highest BCUT2D eigenvalue weighted by atomic mass is 32.2. The standard InChI is InChI=1S/C21H24N4O2S/c1-13(16-11-14-6-7-15(16)10-14)25-20(19-5-3-9-27-19)23-24-21(25)28-12-18(26)17-4-2-8-22-17/h2-5,8-9,13-16,22H,6-7,10-12H2,1H3/t13-,14+,15+,16-/m1/s1. The third-order valence-corrected chi connectivity index (χ3v) is 7.40. The van der Waals surface area contributed by atoms with Crippen LogP contribution < -0.4 is 0 Å². The van der Waals surface area contributed by atoms with Gasteiger partial charge in [-0.3, -0.25) is 9.36 Å². The monoisotopic (exact) mass is 396 g/mol. The fourth-order valence-corrected chi connectivity index (χ4v) is 6.01. The first-order valence-electron chi connectivity index (χ1n) is 9.99. The Labute approximate surface area is 168 Å². The number of thioether (sulfide) groups is 1. The van der Waals surface area contributed by atoms with E-state index in [-0.39, 0.29) is 11.8 Å². The van der Waals surface area contributed by atoms with E-state index < -0.39 is 0 Å². The third kappa shape index (κ3) is 3.11. The van der Waals surface area contributed by atoms with Crippen LogP contribution in [0.2, 0.25) is 0 Å². The topological polar surface area (TPSA) is 76.7 Å². The fourth-order valence-electron chi connectivity index (χ4n) is 5.10. The number of hydrogen-bond donors (Lipinski definition) is 1. The number of aromatic amines is 1. The van der Waals surface area contributed by atoms with E-state index in [1.54, 1.807) is 18.5 Å². The summed E-state index contributed by atoms with van der Waals surface area (Å²) in [5.41, 5.74) is 0.631. The molecule has 4 atom stereocenters. The Morgan fingerprint density at radius 1 is 1.32 bits per heavy atom. The molecule has 0 aliphatic heterocycles. The Morgan fingerprint density at radius 3 is 2.93 bits per heavy atom. The molecule has 0 aromatic carbocycles. The van der Waals surface area contributed by atoms with Gasteiger partial charge in [0.25, 0.3) is 0 Å². The summed E-state index contributed by atoms with van der Waals surface area (Å²) in [6, 6.07) is 7.73. The summed E-state index contributed by atoms with van der Waals surface area (Å²) >= 11 is 1.46. The van der Waals surface area contributed by atoms with E-state index in [0.29, 0.717) is 17.4 Å². The molecule has 2 bridgehead atoms. The van der Waals surface area contributed by atoms with Gasteiger partial charge < -0.3 is 9.40 Å². The van der Waals surface area contributed by atoms with Crippen LogP contribution in [0.4, 0.5) is 0 Å². The number of fused-ring (bicyclic) bond motifs is 2. The van der Waals surface area contributed by atoms with Gasteiger partial charge in [0.1, 0.15) is 0 Å². The van der Waals surface area contributed by atoms with E-state index in [1.165, 1.54) is 37.4 Å². The van der Waals surface area contributed by atoms with Gasteiger partial charge >= 0.3 is 0 Å². The summed E-state index contributed by atoms with van der Waals surface area (Å²) in [7, 11) is 0. The van der Waals surface area contributed by atoms with Gasteiger partial charge in [0.2, 0.25) is 5.82 Å². The average molecular weight is 397 g/mol. The van der Waals surface area contributed by atoms with E-state index in [9.17, 15) is 4.79 Å². The molecule has 0 unspecified atom stereocenters. The molecule has 2 aliphatic carbocycles. The summed E-state index contributed by atoms with van der Waals surface area (Å²) in [5, 5.41) is 9.66. The minimum Gasteiger partial charge on any atom is -0.461 e. The number of aromatic nitrogens is 4. The summed E-state index contributed by atoms with van der Waals surface area (Å²) in [6.07, 6.45) is 8.80. The van der Waals surface area contributed by atoms with Crippen LogP contribution in [-0.2, 0) is 0 Å². The van der Waals surface area contributed by atoms with Gasteiger partial charge in [0.05, 0.1) is 17.7 Å². The number of carbonyl (C=O) groups excluding carboxylic acids is 1. The summed E-state index contributed by atoms with van der Waals surface area (Å²) < 4.78 is 7.83. The Kier molecular flexibility index (Phi) is 4.62. The molecule has 3 aromatic rings. The van der Waals surface area contributed by atoms with Crippen molar-refractivity contribution in [1.82, 2.24) is 19.7 Å². The van der Waals surface area contributed by atoms with Gasteiger partial charge in [-0.1, -0.05) is 18.2 Å².